The molecular weight excluding hydrogens is 222 g/mol. The van der Waals surface area contributed by atoms with Crippen molar-refractivity contribution in [3.63, 3.8) is 0 Å². The molecule has 1 aliphatic carbocycles. The Morgan fingerprint density at radius 2 is 1.67 bits per heavy atom. The zero-order valence-electron chi connectivity index (χ0n) is 12.2. The number of benzene rings is 1. The van der Waals surface area contributed by atoms with Gasteiger partial charge in [0.15, 0.2) is 0 Å². The van der Waals surface area contributed by atoms with Gasteiger partial charge in [0, 0.05) is 25.9 Å². The summed E-state index contributed by atoms with van der Waals surface area (Å²) in [6, 6.07) is 9.60. The molecular formula is C16H25NO. The van der Waals surface area contributed by atoms with Crippen molar-refractivity contribution >= 4 is 5.69 Å². The summed E-state index contributed by atoms with van der Waals surface area (Å²) in [5.74, 6) is 0. The van der Waals surface area contributed by atoms with Crippen molar-refractivity contribution < 1.29 is 4.74 Å². The summed E-state index contributed by atoms with van der Waals surface area (Å²) in [5, 5.41) is 0. The standard InChI is InChI=1S/C16H25NO/c1-16(2,3)12-6-8-13(9-7-12)17(4)14-10-15(11-14)18-5/h6-9,14-15H,10-11H2,1-5H3. The first-order valence-electron chi connectivity index (χ1n) is 6.78. The topological polar surface area (TPSA) is 12.5 Å². The minimum Gasteiger partial charge on any atom is -0.381 e. The third kappa shape index (κ3) is 2.69. The molecule has 0 radical (unpaired) electrons. The summed E-state index contributed by atoms with van der Waals surface area (Å²) in [6.07, 6.45) is 2.76. The maximum atomic E-state index is 5.34. The second-order valence-corrected chi connectivity index (χ2v) is 6.39. The van der Waals surface area contributed by atoms with Crippen molar-refractivity contribution in [3.05, 3.63) is 29.8 Å². The smallest absolute Gasteiger partial charge is 0.0610 e. The molecule has 1 aliphatic rings. The Morgan fingerprint density at radius 1 is 1.11 bits per heavy atom. The van der Waals surface area contributed by atoms with Crippen molar-refractivity contribution in [3.8, 4) is 0 Å². The zero-order valence-corrected chi connectivity index (χ0v) is 12.2. The van der Waals surface area contributed by atoms with Gasteiger partial charge in [0.1, 0.15) is 0 Å². The van der Waals surface area contributed by atoms with E-state index in [2.05, 4.69) is 57.0 Å². The summed E-state index contributed by atoms with van der Waals surface area (Å²) < 4.78 is 5.34. The summed E-state index contributed by atoms with van der Waals surface area (Å²) in [6.45, 7) is 6.75. The number of anilines is 1. The van der Waals surface area contributed by atoms with Gasteiger partial charge in [0.2, 0.25) is 0 Å². The first-order valence-corrected chi connectivity index (χ1v) is 6.78. The van der Waals surface area contributed by atoms with Crippen LogP contribution >= 0.6 is 0 Å². The molecule has 1 saturated carbocycles. The molecule has 0 N–H and O–H groups in total. The molecule has 0 bridgehead atoms. The summed E-state index contributed by atoms with van der Waals surface area (Å²) >= 11 is 0. The molecule has 0 amide bonds. The fraction of sp³-hybridized carbons (Fsp3) is 0.625. The predicted octanol–water partition coefficient (Wildman–Crippen LogP) is 3.60. The molecule has 0 aromatic heterocycles. The molecule has 0 aliphatic heterocycles. The normalized spacial score (nSPS) is 23.6. The second-order valence-electron chi connectivity index (χ2n) is 6.39. The molecule has 1 aromatic carbocycles. The molecule has 2 nitrogen and oxygen atoms in total. The SMILES string of the molecule is COC1CC(N(C)c2ccc(C(C)(C)C)cc2)C1. The van der Waals surface area contributed by atoms with Gasteiger partial charge in [-0.25, -0.2) is 0 Å². The highest BCUT2D eigenvalue weighted by molar-refractivity contribution is 5.49. The Labute approximate surface area is 111 Å². The van der Waals surface area contributed by atoms with Gasteiger partial charge in [-0.05, 0) is 36.0 Å². The average Bonchev–Trinajstić information content (AvgIpc) is 2.26. The predicted molar refractivity (Wildman–Crippen MR) is 77.4 cm³/mol. The third-order valence-corrected chi connectivity index (χ3v) is 4.09. The van der Waals surface area contributed by atoms with E-state index in [0.29, 0.717) is 12.1 Å². The minimum atomic E-state index is 0.231. The van der Waals surface area contributed by atoms with Crippen LogP contribution in [-0.4, -0.2) is 26.3 Å². The lowest BCUT2D eigenvalue weighted by atomic mass is 9.86. The summed E-state index contributed by atoms with van der Waals surface area (Å²) in [4.78, 5) is 2.38. The molecule has 2 heteroatoms. The molecule has 0 unspecified atom stereocenters. The van der Waals surface area contributed by atoms with E-state index in [1.165, 1.54) is 11.3 Å². The zero-order chi connectivity index (χ0) is 13.3. The summed E-state index contributed by atoms with van der Waals surface area (Å²) in [7, 11) is 3.99. The van der Waals surface area contributed by atoms with E-state index >= 15 is 0 Å². The largest absolute Gasteiger partial charge is 0.381 e. The van der Waals surface area contributed by atoms with Crippen molar-refractivity contribution in [2.24, 2.45) is 0 Å². The van der Waals surface area contributed by atoms with Crippen LogP contribution in [0.4, 0.5) is 5.69 Å². The van der Waals surface area contributed by atoms with Crippen LogP contribution in [0.5, 0.6) is 0 Å². The van der Waals surface area contributed by atoms with Gasteiger partial charge in [-0.1, -0.05) is 32.9 Å². The molecule has 0 spiro atoms. The highest BCUT2D eigenvalue weighted by Gasteiger charge is 2.32. The maximum Gasteiger partial charge on any atom is 0.0610 e. The lowest BCUT2D eigenvalue weighted by Gasteiger charge is -2.41. The average molecular weight is 247 g/mol. The number of hydrogen-bond donors (Lipinski definition) is 0. The van der Waals surface area contributed by atoms with Crippen LogP contribution in [0.3, 0.4) is 0 Å². The van der Waals surface area contributed by atoms with Crippen LogP contribution in [0, 0.1) is 0 Å². The quantitative estimate of drug-likeness (QED) is 0.809. The van der Waals surface area contributed by atoms with Crippen molar-refractivity contribution in [1.82, 2.24) is 0 Å². The molecule has 0 saturated heterocycles. The lowest BCUT2D eigenvalue weighted by molar-refractivity contribution is 0.0266. The highest BCUT2D eigenvalue weighted by Crippen LogP contribution is 2.31. The number of ether oxygens (including phenoxy) is 1. The van der Waals surface area contributed by atoms with Gasteiger partial charge < -0.3 is 9.64 Å². The first-order chi connectivity index (χ1) is 8.41. The van der Waals surface area contributed by atoms with Gasteiger partial charge in [0.25, 0.3) is 0 Å². The first kappa shape index (κ1) is 13.4. The van der Waals surface area contributed by atoms with Gasteiger partial charge in [-0.15, -0.1) is 0 Å². The Hall–Kier alpha value is -1.02. The Kier molecular flexibility index (Phi) is 3.67. The fourth-order valence-corrected chi connectivity index (χ4v) is 2.45. The van der Waals surface area contributed by atoms with E-state index in [9.17, 15) is 0 Å². The molecule has 1 aromatic rings. The van der Waals surface area contributed by atoms with Crippen LogP contribution in [0.1, 0.15) is 39.2 Å². The molecule has 2 rings (SSSR count). The molecule has 0 atom stereocenters. The third-order valence-electron chi connectivity index (χ3n) is 4.09. The number of rotatable bonds is 3. The van der Waals surface area contributed by atoms with Crippen molar-refractivity contribution in [1.29, 1.82) is 0 Å². The Bertz CT molecular complexity index is 385. The van der Waals surface area contributed by atoms with Crippen LogP contribution in [0.15, 0.2) is 24.3 Å². The van der Waals surface area contributed by atoms with Gasteiger partial charge in [-0.2, -0.15) is 0 Å². The van der Waals surface area contributed by atoms with Crippen LogP contribution in [0.2, 0.25) is 0 Å². The Morgan fingerprint density at radius 3 is 2.11 bits per heavy atom. The van der Waals surface area contributed by atoms with E-state index in [1.807, 2.05) is 0 Å². The van der Waals surface area contributed by atoms with E-state index in [0.717, 1.165) is 12.8 Å². The van der Waals surface area contributed by atoms with E-state index < -0.39 is 0 Å². The van der Waals surface area contributed by atoms with Crippen LogP contribution in [-0.2, 0) is 10.2 Å². The summed E-state index contributed by atoms with van der Waals surface area (Å²) in [5.41, 5.74) is 2.93. The fourth-order valence-electron chi connectivity index (χ4n) is 2.45. The van der Waals surface area contributed by atoms with Crippen LogP contribution < -0.4 is 4.90 Å². The van der Waals surface area contributed by atoms with Crippen molar-refractivity contribution in [2.45, 2.75) is 51.2 Å². The van der Waals surface area contributed by atoms with Gasteiger partial charge >= 0.3 is 0 Å². The number of hydrogen-bond acceptors (Lipinski definition) is 2. The monoisotopic (exact) mass is 247 g/mol. The van der Waals surface area contributed by atoms with Crippen molar-refractivity contribution in [2.75, 3.05) is 19.1 Å². The highest BCUT2D eigenvalue weighted by atomic mass is 16.5. The second kappa shape index (κ2) is 4.93. The van der Waals surface area contributed by atoms with E-state index in [4.69, 9.17) is 4.74 Å². The molecule has 18 heavy (non-hydrogen) atoms. The van der Waals surface area contributed by atoms with Gasteiger partial charge in [-0.3, -0.25) is 0 Å². The molecule has 1 fully saturated rings. The lowest BCUT2D eigenvalue weighted by Crippen LogP contribution is -2.46. The van der Waals surface area contributed by atoms with Crippen LogP contribution in [0.25, 0.3) is 0 Å². The maximum absolute atomic E-state index is 5.34. The Balaban J connectivity index is 2.02. The number of nitrogens with zero attached hydrogens (tertiary/aromatic N) is 1. The molecule has 100 valence electrons. The minimum absolute atomic E-state index is 0.231. The van der Waals surface area contributed by atoms with Gasteiger partial charge in [0.05, 0.1) is 6.10 Å². The van der Waals surface area contributed by atoms with E-state index in [-0.39, 0.29) is 5.41 Å². The van der Waals surface area contributed by atoms with E-state index in [1.54, 1.807) is 7.11 Å². The molecule has 0 heterocycles. The number of methoxy groups -OCH3 is 1.